The Morgan fingerprint density at radius 3 is 2.29 bits per heavy atom. The van der Waals surface area contributed by atoms with Crippen molar-refractivity contribution < 1.29 is 13.2 Å². The summed E-state index contributed by atoms with van der Waals surface area (Å²) in [6.07, 6.45) is 1.48. The van der Waals surface area contributed by atoms with E-state index in [1.807, 2.05) is 0 Å². The average molecular weight is 221 g/mol. The van der Waals surface area contributed by atoms with Crippen molar-refractivity contribution in [3.63, 3.8) is 0 Å². The number of thioether (sulfide) groups is 1. The second-order valence-corrected chi connectivity index (χ2v) is 3.71. The van der Waals surface area contributed by atoms with Crippen molar-refractivity contribution in [2.75, 3.05) is 6.26 Å². The van der Waals surface area contributed by atoms with E-state index in [0.29, 0.717) is 0 Å². The van der Waals surface area contributed by atoms with Crippen LogP contribution in [0.3, 0.4) is 0 Å². The van der Waals surface area contributed by atoms with Gasteiger partial charge in [-0.1, -0.05) is 0 Å². The van der Waals surface area contributed by atoms with Crippen molar-refractivity contribution in [3.05, 3.63) is 29.1 Å². The van der Waals surface area contributed by atoms with E-state index >= 15 is 0 Å². The van der Waals surface area contributed by atoms with E-state index in [2.05, 4.69) is 0 Å². The smallest absolute Gasteiger partial charge is 0.175 e. The first-order valence-corrected chi connectivity index (χ1v) is 5.18. The van der Waals surface area contributed by atoms with Gasteiger partial charge in [-0.25, -0.2) is 13.2 Å². The van der Waals surface area contributed by atoms with Gasteiger partial charge in [-0.05, 0) is 19.2 Å². The highest BCUT2D eigenvalue weighted by atomic mass is 32.2. The highest BCUT2D eigenvalue weighted by Gasteiger charge is 2.19. The maximum absolute atomic E-state index is 13.2. The predicted octanol–water partition coefficient (Wildman–Crippen LogP) is 2.85. The van der Waals surface area contributed by atoms with Gasteiger partial charge in [-0.3, -0.25) is 0 Å². The number of benzene rings is 1. The lowest BCUT2D eigenvalue weighted by Gasteiger charge is -2.10. The minimum atomic E-state index is -1.16. The molecule has 0 aliphatic rings. The Kier molecular flexibility index (Phi) is 3.44. The summed E-state index contributed by atoms with van der Waals surface area (Å²) in [7, 11) is 0. The monoisotopic (exact) mass is 221 g/mol. The largest absolute Gasteiger partial charge is 0.324 e. The first-order valence-electron chi connectivity index (χ1n) is 3.96. The van der Waals surface area contributed by atoms with Crippen molar-refractivity contribution in [2.24, 2.45) is 5.73 Å². The van der Waals surface area contributed by atoms with Gasteiger partial charge < -0.3 is 5.73 Å². The second kappa shape index (κ2) is 4.23. The molecule has 1 rings (SSSR count). The van der Waals surface area contributed by atoms with E-state index in [9.17, 15) is 13.2 Å². The number of halogens is 3. The third-order valence-electron chi connectivity index (χ3n) is 1.84. The Balaban J connectivity index is 3.40. The molecule has 2 N–H and O–H groups in total. The van der Waals surface area contributed by atoms with E-state index in [4.69, 9.17) is 5.73 Å². The highest BCUT2D eigenvalue weighted by Crippen LogP contribution is 2.29. The van der Waals surface area contributed by atoms with Gasteiger partial charge in [0.1, 0.15) is 5.82 Å². The van der Waals surface area contributed by atoms with Gasteiger partial charge in [0.05, 0.1) is 4.90 Å². The van der Waals surface area contributed by atoms with Crippen molar-refractivity contribution in [3.8, 4) is 0 Å². The molecule has 0 saturated carbocycles. The van der Waals surface area contributed by atoms with Crippen molar-refractivity contribution in [1.29, 1.82) is 0 Å². The predicted molar refractivity (Wildman–Crippen MR) is 50.7 cm³/mol. The fourth-order valence-corrected chi connectivity index (χ4v) is 1.64. The zero-order chi connectivity index (χ0) is 10.9. The summed E-state index contributed by atoms with van der Waals surface area (Å²) in [5.74, 6) is -3.00. The van der Waals surface area contributed by atoms with Gasteiger partial charge in [0.15, 0.2) is 11.6 Å². The van der Waals surface area contributed by atoms with Crippen LogP contribution in [-0.4, -0.2) is 6.26 Å². The molecule has 0 radical (unpaired) electrons. The summed E-state index contributed by atoms with van der Waals surface area (Å²) in [6, 6.07) is 0.212. The Morgan fingerprint density at radius 1 is 1.29 bits per heavy atom. The van der Waals surface area contributed by atoms with Crippen LogP contribution in [0.1, 0.15) is 18.5 Å². The van der Waals surface area contributed by atoms with Gasteiger partial charge >= 0.3 is 0 Å². The molecular weight excluding hydrogens is 211 g/mol. The standard InChI is InChI=1S/C9H10F3NS/c1-4(13)5-3-6(10)9(14-2)8(12)7(5)11/h3-4H,13H2,1-2H3. The molecular formula is C9H10F3NS. The first kappa shape index (κ1) is 11.4. The van der Waals surface area contributed by atoms with Crippen LogP contribution in [0.5, 0.6) is 0 Å². The lowest BCUT2D eigenvalue weighted by Crippen LogP contribution is -2.10. The summed E-state index contributed by atoms with van der Waals surface area (Å²) in [6.45, 7) is 1.47. The molecule has 0 fully saturated rings. The Hall–Kier alpha value is -0.680. The molecule has 0 saturated heterocycles. The summed E-state index contributed by atoms with van der Waals surface area (Å²) in [4.78, 5) is -0.313. The van der Waals surface area contributed by atoms with Crippen LogP contribution in [0, 0.1) is 17.5 Å². The van der Waals surface area contributed by atoms with Crippen LogP contribution < -0.4 is 5.73 Å². The Bertz CT molecular complexity index is 352. The first-order chi connectivity index (χ1) is 6.49. The van der Waals surface area contributed by atoms with E-state index in [0.717, 1.165) is 17.8 Å². The molecule has 1 atom stereocenters. The zero-order valence-corrected chi connectivity index (χ0v) is 8.59. The fraction of sp³-hybridized carbons (Fsp3) is 0.333. The Labute approximate surface area is 84.5 Å². The Morgan fingerprint density at radius 2 is 1.86 bits per heavy atom. The lowest BCUT2D eigenvalue weighted by atomic mass is 10.1. The molecule has 0 heterocycles. The van der Waals surface area contributed by atoms with Crippen molar-refractivity contribution >= 4 is 11.8 Å². The molecule has 14 heavy (non-hydrogen) atoms. The molecule has 1 unspecified atom stereocenters. The van der Waals surface area contributed by atoms with Gasteiger partial charge in [0.2, 0.25) is 0 Å². The molecule has 1 aromatic rings. The minimum absolute atomic E-state index is 0.141. The van der Waals surface area contributed by atoms with Crippen LogP contribution >= 0.6 is 11.8 Å². The summed E-state index contributed by atoms with van der Waals surface area (Å²) >= 11 is 0.826. The molecule has 0 aliphatic carbocycles. The van der Waals surface area contributed by atoms with Gasteiger partial charge in [0.25, 0.3) is 0 Å². The molecule has 1 nitrogen and oxygen atoms in total. The van der Waals surface area contributed by atoms with Gasteiger partial charge in [-0.2, -0.15) is 0 Å². The molecule has 0 spiro atoms. The minimum Gasteiger partial charge on any atom is -0.324 e. The normalized spacial score (nSPS) is 13.0. The molecule has 0 aliphatic heterocycles. The molecule has 0 amide bonds. The van der Waals surface area contributed by atoms with E-state index in [1.165, 1.54) is 13.2 Å². The fourth-order valence-electron chi connectivity index (χ4n) is 1.12. The second-order valence-electron chi connectivity index (χ2n) is 2.90. The molecule has 0 bridgehead atoms. The quantitative estimate of drug-likeness (QED) is 0.614. The van der Waals surface area contributed by atoms with Crippen LogP contribution in [0.25, 0.3) is 0 Å². The summed E-state index contributed by atoms with van der Waals surface area (Å²) < 4.78 is 39.6. The van der Waals surface area contributed by atoms with Gasteiger partial charge in [-0.15, -0.1) is 11.8 Å². The molecule has 5 heteroatoms. The number of nitrogens with two attached hydrogens (primary N) is 1. The van der Waals surface area contributed by atoms with E-state index in [-0.39, 0.29) is 10.5 Å². The average Bonchev–Trinajstić information content (AvgIpc) is 2.12. The third kappa shape index (κ3) is 1.88. The van der Waals surface area contributed by atoms with E-state index in [1.54, 1.807) is 0 Å². The van der Waals surface area contributed by atoms with Crippen LogP contribution in [-0.2, 0) is 0 Å². The number of rotatable bonds is 2. The summed E-state index contributed by atoms with van der Waals surface area (Å²) in [5, 5.41) is 0. The highest BCUT2D eigenvalue weighted by molar-refractivity contribution is 7.98. The third-order valence-corrected chi connectivity index (χ3v) is 2.62. The maximum Gasteiger partial charge on any atom is 0.175 e. The molecule has 0 aromatic heterocycles. The van der Waals surface area contributed by atoms with Gasteiger partial charge in [0, 0.05) is 11.6 Å². The molecule has 1 aromatic carbocycles. The van der Waals surface area contributed by atoms with Crippen LogP contribution in [0.4, 0.5) is 13.2 Å². The lowest BCUT2D eigenvalue weighted by molar-refractivity contribution is 0.453. The maximum atomic E-state index is 13.2. The SMILES string of the molecule is CSc1c(F)cc(C(C)N)c(F)c1F. The zero-order valence-electron chi connectivity index (χ0n) is 7.77. The molecule has 78 valence electrons. The summed E-state index contributed by atoms with van der Waals surface area (Å²) in [5.41, 5.74) is 5.22. The topological polar surface area (TPSA) is 26.0 Å². The van der Waals surface area contributed by atoms with Crippen LogP contribution in [0.2, 0.25) is 0 Å². The van der Waals surface area contributed by atoms with Crippen molar-refractivity contribution in [2.45, 2.75) is 17.9 Å². The van der Waals surface area contributed by atoms with E-state index < -0.39 is 23.5 Å². The van der Waals surface area contributed by atoms with Crippen molar-refractivity contribution in [1.82, 2.24) is 0 Å². The number of hydrogen-bond acceptors (Lipinski definition) is 2. The van der Waals surface area contributed by atoms with Crippen LogP contribution in [0.15, 0.2) is 11.0 Å². The number of hydrogen-bond donors (Lipinski definition) is 1.